The number of β-lactam (4-membered cyclic amide) rings is 1. The number of aliphatic hydroxyl groups is 1. The highest BCUT2D eigenvalue weighted by molar-refractivity contribution is 6.03. The van der Waals surface area contributed by atoms with Crippen LogP contribution in [0.3, 0.4) is 0 Å². The van der Waals surface area contributed by atoms with Gasteiger partial charge in [0.1, 0.15) is 0 Å². The van der Waals surface area contributed by atoms with Gasteiger partial charge >= 0.3 is 0 Å². The van der Waals surface area contributed by atoms with Gasteiger partial charge in [-0.15, -0.1) is 0 Å². The lowest BCUT2D eigenvalue weighted by molar-refractivity contribution is -0.132. The van der Waals surface area contributed by atoms with Crippen LogP contribution >= 0.6 is 0 Å². The SMILES string of the molecule is O=C1[C@H](CO)[C@@H](c2ccccc2)N1c1ccccc1. The molecule has 96 valence electrons. The van der Waals surface area contributed by atoms with E-state index in [0.29, 0.717) is 0 Å². The Balaban J connectivity index is 1.98. The summed E-state index contributed by atoms with van der Waals surface area (Å²) in [6.45, 7) is -0.109. The minimum absolute atomic E-state index is 0.0115. The average molecular weight is 253 g/mol. The van der Waals surface area contributed by atoms with E-state index in [1.807, 2.05) is 60.7 Å². The summed E-state index contributed by atoms with van der Waals surface area (Å²) in [6.07, 6.45) is 0. The molecule has 1 aliphatic heterocycles. The van der Waals surface area contributed by atoms with Gasteiger partial charge in [0, 0.05) is 5.69 Å². The van der Waals surface area contributed by atoms with E-state index >= 15 is 0 Å². The van der Waals surface area contributed by atoms with Crippen molar-refractivity contribution < 1.29 is 9.90 Å². The Kier molecular flexibility index (Phi) is 3.05. The van der Waals surface area contributed by atoms with Crippen LogP contribution in [0.4, 0.5) is 5.69 Å². The molecule has 2 aromatic carbocycles. The summed E-state index contributed by atoms with van der Waals surface area (Å²) in [5.41, 5.74) is 1.94. The summed E-state index contributed by atoms with van der Waals surface area (Å²) in [7, 11) is 0. The van der Waals surface area contributed by atoms with Gasteiger partial charge in [0.2, 0.25) is 5.91 Å². The maximum absolute atomic E-state index is 12.1. The van der Waals surface area contributed by atoms with Crippen LogP contribution in [0, 0.1) is 5.92 Å². The molecule has 2 aromatic rings. The van der Waals surface area contributed by atoms with E-state index in [1.54, 1.807) is 4.90 Å². The highest BCUT2D eigenvalue weighted by atomic mass is 16.3. The van der Waals surface area contributed by atoms with Gasteiger partial charge in [0.05, 0.1) is 18.6 Å². The standard InChI is InChI=1S/C16H15NO2/c18-11-14-15(12-7-3-1-4-8-12)17(16(14)19)13-9-5-2-6-10-13/h1-10,14-15,18H,11H2/t14-,15-/m1/s1. The second-order valence-electron chi connectivity index (χ2n) is 4.69. The Bertz CT molecular complexity index is 568. The van der Waals surface area contributed by atoms with Crippen LogP contribution in [0.15, 0.2) is 60.7 Å². The van der Waals surface area contributed by atoms with Gasteiger partial charge in [-0.25, -0.2) is 0 Å². The Morgan fingerprint density at radius 1 is 0.947 bits per heavy atom. The maximum Gasteiger partial charge on any atom is 0.235 e. The summed E-state index contributed by atoms with van der Waals surface area (Å²) in [5.74, 6) is -0.342. The minimum atomic E-state index is -0.331. The molecule has 1 aliphatic rings. The van der Waals surface area contributed by atoms with Crippen LogP contribution in [0.25, 0.3) is 0 Å². The number of para-hydroxylation sites is 1. The molecule has 1 heterocycles. The molecule has 1 N–H and O–H groups in total. The van der Waals surface area contributed by atoms with Gasteiger partial charge in [-0.3, -0.25) is 4.79 Å². The van der Waals surface area contributed by atoms with E-state index < -0.39 is 0 Å². The minimum Gasteiger partial charge on any atom is -0.395 e. The first-order valence-electron chi connectivity index (χ1n) is 6.37. The Morgan fingerprint density at radius 2 is 1.53 bits per heavy atom. The number of nitrogens with zero attached hydrogens (tertiary/aromatic N) is 1. The third kappa shape index (κ3) is 1.92. The van der Waals surface area contributed by atoms with Crippen LogP contribution in [0.5, 0.6) is 0 Å². The zero-order valence-corrected chi connectivity index (χ0v) is 10.4. The molecule has 0 bridgehead atoms. The van der Waals surface area contributed by atoms with Crippen LogP contribution in [0.2, 0.25) is 0 Å². The molecule has 0 unspecified atom stereocenters. The van der Waals surface area contributed by atoms with Crippen molar-refractivity contribution in [3.8, 4) is 0 Å². The van der Waals surface area contributed by atoms with Crippen molar-refractivity contribution in [3.63, 3.8) is 0 Å². The number of carbonyl (C=O) groups is 1. The molecule has 3 nitrogen and oxygen atoms in total. The van der Waals surface area contributed by atoms with Crippen molar-refractivity contribution in [3.05, 3.63) is 66.2 Å². The third-order valence-electron chi connectivity index (χ3n) is 3.59. The predicted octanol–water partition coefficient (Wildman–Crippen LogP) is 2.38. The Labute approximate surface area is 112 Å². The van der Waals surface area contributed by atoms with E-state index in [1.165, 1.54) is 0 Å². The van der Waals surface area contributed by atoms with Crippen molar-refractivity contribution >= 4 is 11.6 Å². The van der Waals surface area contributed by atoms with E-state index in [9.17, 15) is 9.90 Å². The Hall–Kier alpha value is -2.13. The monoisotopic (exact) mass is 253 g/mol. The largest absolute Gasteiger partial charge is 0.395 e. The van der Waals surface area contributed by atoms with Crippen molar-refractivity contribution in [2.45, 2.75) is 6.04 Å². The predicted molar refractivity (Wildman–Crippen MR) is 73.7 cm³/mol. The second-order valence-corrected chi connectivity index (χ2v) is 4.69. The van der Waals surface area contributed by atoms with Crippen LogP contribution in [-0.2, 0) is 4.79 Å². The lowest BCUT2D eigenvalue weighted by atomic mass is 9.82. The summed E-state index contributed by atoms with van der Waals surface area (Å²) >= 11 is 0. The van der Waals surface area contributed by atoms with Crippen LogP contribution in [0.1, 0.15) is 11.6 Å². The molecule has 3 rings (SSSR count). The molecule has 0 radical (unpaired) electrons. The third-order valence-corrected chi connectivity index (χ3v) is 3.59. The summed E-state index contributed by atoms with van der Waals surface area (Å²) in [5, 5.41) is 9.41. The van der Waals surface area contributed by atoms with Gasteiger partial charge in [-0.2, -0.15) is 0 Å². The van der Waals surface area contributed by atoms with Gasteiger partial charge < -0.3 is 10.0 Å². The number of aliphatic hydroxyl groups excluding tert-OH is 1. The van der Waals surface area contributed by atoms with Gasteiger partial charge in [-0.1, -0.05) is 48.5 Å². The summed E-state index contributed by atoms with van der Waals surface area (Å²) in [6, 6.07) is 19.4. The molecule has 2 atom stereocenters. The lowest BCUT2D eigenvalue weighted by Gasteiger charge is -2.46. The number of rotatable bonds is 3. The number of hydrogen-bond acceptors (Lipinski definition) is 2. The molecule has 19 heavy (non-hydrogen) atoms. The topological polar surface area (TPSA) is 40.5 Å². The first kappa shape index (κ1) is 11.9. The molecule has 3 heteroatoms. The van der Waals surface area contributed by atoms with E-state index in [0.717, 1.165) is 11.3 Å². The molecule has 1 amide bonds. The zero-order valence-electron chi connectivity index (χ0n) is 10.4. The second kappa shape index (κ2) is 4.86. The average Bonchev–Trinajstić information content (AvgIpc) is 2.47. The normalized spacial score (nSPS) is 22.2. The highest BCUT2D eigenvalue weighted by Crippen LogP contribution is 2.42. The van der Waals surface area contributed by atoms with Gasteiger partial charge in [0.25, 0.3) is 0 Å². The highest BCUT2D eigenvalue weighted by Gasteiger charge is 2.48. The van der Waals surface area contributed by atoms with Gasteiger partial charge in [-0.05, 0) is 17.7 Å². The maximum atomic E-state index is 12.1. The first-order valence-corrected chi connectivity index (χ1v) is 6.37. The number of anilines is 1. The van der Waals surface area contributed by atoms with Crippen molar-refractivity contribution in [2.75, 3.05) is 11.5 Å². The summed E-state index contributed by atoms with van der Waals surface area (Å²) in [4.78, 5) is 13.9. The number of amides is 1. The summed E-state index contributed by atoms with van der Waals surface area (Å²) < 4.78 is 0. The van der Waals surface area contributed by atoms with E-state index in [4.69, 9.17) is 0 Å². The fourth-order valence-corrected chi connectivity index (χ4v) is 2.63. The van der Waals surface area contributed by atoms with Gasteiger partial charge in [0.15, 0.2) is 0 Å². The molecule has 0 aromatic heterocycles. The van der Waals surface area contributed by atoms with Crippen molar-refractivity contribution in [1.82, 2.24) is 0 Å². The number of carbonyl (C=O) groups excluding carboxylic acids is 1. The van der Waals surface area contributed by atoms with Crippen LogP contribution in [-0.4, -0.2) is 17.6 Å². The van der Waals surface area contributed by atoms with E-state index in [-0.39, 0.29) is 24.5 Å². The fourth-order valence-electron chi connectivity index (χ4n) is 2.63. The number of hydrogen-bond donors (Lipinski definition) is 1. The first-order chi connectivity index (χ1) is 9.33. The lowest BCUT2D eigenvalue weighted by Crippen LogP contribution is -2.56. The fraction of sp³-hybridized carbons (Fsp3) is 0.188. The number of benzene rings is 2. The van der Waals surface area contributed by atoms with Crippen LogP contribution < -0.4 is 4.90 Å². The molecule has 0 aliphatic carbocycles. The van der Waals surface area contributed by atoms with Crippen molar-refractivity contribution in [1.29, 1.82) is 0 Å². The Morgan fingerprint density at radius 3 is 2.11 bits per heavy atom. The molecule has 1 fully saturated rings. The smallest absolute Gasteiger partial charge is 0.235 e. The van der Waals surface area contributed by atoms with Crippen molar-refractivity contribution in [2.24, 2.45) is 5.92 Å². The molecule has 0 saturated carbocycles. The molecular formula is C16H15NO2. The quantitative estimate of drug-likeness (QED) is 0.853. The zero-order chi connectivity index (χ0) is 13.2. The molecular weight excluding hydrogens is 238 g/mol. The molecule has 1 saturated heterocycles. The van der Waals surface area contributed by atoms with E-state index in [2.05, 4.69) is 0 Å². The molecule has 0 spiro atoms.